The average molecular weight is 282 g/mol. The lowest BCUT2D eigenvalue weighted by Gasteiger charge is -2.27. The highest BCUT2D eigenvalue weighted by atomic mass is 16.2. The summed E-state index contributed by atoms with van der Waals surface area (Å²) in [5, 5.41) is 0. The van der Waals surface area contributed by atoms with Crippen LogP contribution in [0.15, 0.2) is 60.7 Å². The second-order valence-corrected chi connectivity index (χ2v) is 4.84. The van der Waals surface area contributed by atoms with Gasteiger partial charge in [-0.15, -0.1) is 0 Å². The molecule has 1 atom stereocenters. The van der Waals surface area contributed by atoms with Crippen LogP contribution in [-0.4, -0.2) is 17.9 Å². The number of hydrogen-bond acceptors (Lipinski definition) is 2. The third kappa shape index (κ3) is 3.69. The first-order chi connectivity index (χ1) is 10.1. The predicted octanol–water partition coefficient (Wildman–Crippen LogP) is 2.14. The highest BCUT2D eigenvalue weighted by Crippen LogP contribution is 2.18. The van der Waals surface area contributed by atoms with Gasteiger partial charge in [-0.2, -0.15) is 0 Å². The maximum absolute atomic E-state index is 12.6. The van der Waals surface area contributed by atoms with Crippen molar-refractivity contribution < 1.29 is 9.59 Å². The largest absolute Gasteiger partial charge is 0.368 e. The number of rotatable bonds is 5. The molecule has 0 aliphatic heterocycles. The molecule has 21 heavy (non-hydrogen) atoms. The van der Waals surface area contributed by atoms with E-state index in [9.17, 15) is 9.59 Å². The number of para-hydroxylation sites is 1. The number of benzene rings is 2. The maximum Gasteiger partial charge on any atom is 0.240 e. The lowest BCUT2D eigenvalue weighted by atomic mass is 10.1. The van der Waals surface area contributed by atoms with Crippen LogP contribution in [0.5, 0.6) is 0 Å². The molecule has 108 valence electrons. The second-order valence-electron chi connectivity index (χ2n) is 4.84. The van der Waals surface area contributed by atoms with E-state index in [2.05, 4.69) is 0 Å². The van der Waals surface area contributed by atoms with Crippen molar-refractivity contribution in [3.05, 3.63) is 66.2 Å². The highest BCUT2D eigenvalue weighted by molar-refractivity contribution is 6.01. The van der Waals surface area contributed by atoms with Gasteiger partial charge in [0.2, 0.25) is 11.8 Å². The maximum atomic E-state index is 12.6. The van der Waals surface area contributed by atoms with Gasteiger partial charge in [-0.05, 0) is 24.6 Å². The van der Waals surface area contributed by atoms with Gasteiger partial charge in [-0.3, -0.25) is 14.5 Å². The monoisotopic (exact) mass is 282 g/mol. The number of hydrogen-bond donors (Lipinski definition) is 1. The van der Waals surface area contributed by atoms with Crippen LogP contribution in [0.2, 0.25) is 0 Å². The van der Waals surface area contributed by atoms with Crippen LogP contribution in [0, 0.1) is 0 Å². The normalized spacial score (nSPS) is 11.7. The zero-order valence-electron chi connectivity index (χ0n) is 11.9. The topological polar surface area (TPSA) is 63.4 Å². The smallest absolute Gasteiger partial charge is 0.240 e. The van der Waals surface area contributed by atoms with E-state index < -0.39 is 11.9 Å². The van der Waals surface area contributed by atoms with E-state index in [1.165, 1.54) is 4.90 Å². The summed E-state index contributed by atoms with van der Waals surface area (Å²) in [4.78, 5) is 25.5. The fourth-order valence-corrected chi connectivity index (χ4v) is 2.16. The Morgan fingerprint density at radius 1 is 1.00 bits per heavy atom. The number of carbonyl (C=O) groups excluding carboxylic acids is 2. The molecule has 2 rings (SSSR count). The van der Waals surface area contributed by atoms with Gasteiger partial charge in [0.1, 0.15) is 6.04 Å². The minimum absolute atomic E-state index is 0.154. The lowest BCUT2D eigenvalue weighted by molar-refractivity contribution is -0.124. The highest BCUT2D eigenvalue weighted by Gasteiger charge is 2.25. The molecular weight excluding hydrogens is 264 g/mol. The Bertz CT molecular complexity index is 611. The molecule has 4 heteroatoms. The Kier molecular flexibility index (Phi) is 4.72. The van der Waals surface area contributed by atoms with Gasteiger partial charge in [-0.1, -0.05) is 48.5 Å². The molecular formula is C17H18N2O2. The van der Waals surface area contributed by atoms with Crippen LogP contribution in [-0.2, 0) is 16.0 Å². The molecule has 0 saturated carbocycles. The fourth-order valence-electron chi connectivity index (χ4n) is 2.16. The van der Waals surface area contributed by atoms with Crippen LogP contribution in [0.4, 0.5) is 5.69 Å². The Labute approximate surface area is 124 Å². The second kappa shape index (κ2) is 6.70. The average Bonchev–Trinajstić information content (AvgIpc) is 2.49. The summed E-state index contributed by atoms with van der Waals surface area (Å²) in [6, 6.07) is 17.8. The van der Waals surface area contributed by atoms with Crippen molar-refractivity contribution >= 4 is 17.5 Å². The lowest BCUT2D eigenvalue weighted by Crippen LogP contribution is -2.47. The fraction of sp³-hybridized carbons (Fsp3) is 0.176. The number of nitrogens with zero attached hydrogens (tertiary/aromatic N) is 1. The van der Waals surface area contributed by atoms with Crippen LogP contribution in [0.3, 0.4) is 0 Å². The summed E-state index contributed by atoms with van der Waals surface area (Å²) >= 11 is 0. The quantitative estimate of drug-likeness (QED) is 0.913. The van der Waals surface area contributed by atoms with E-state index in [4.69, 9.17) is 5.73 Å². The van der Waals surface area contributed by atoms with Gasteiger partial charge >= 0.3 is 0 Å². The number of primary amides is 1. The molecule has 0 aliphatic rings. The summed E-state index contributed by atoms with van der Waals surface area (Å²) < 4.78 is 0. The molecule has 2 aromatic rings. The van der Waals surface area contributed by atoms with E-state index in [1.54, 1.807) is 19.1 Å². The molecule has 2 aromatic carbocycles. The summed E-state index contributed by atoms with van der Waals surface area (Å²) in [5.74, 6) is -0.682. The zero-order valence-corrected chi connectivity index (χ0v) is 11.9. The third-order valence-electron chi connectivity index (χ3n) is 3.30. The van der Waals surface area contributed by atoms with Crippen molar-refractivity contribution in [1.29, 1.82) is 0 Å². The molecule has 0 saturated heterocycles. The number of amides is 2. The molecule has 2 N–H and O–H groups in total. The minimum atomic E-state index is -0.691. The Balaban J connectivity index is 2.27. The molecule has 0 spiro atoms. The first-order valence-electron chi connectivity index (χ1n) is 6.80. The van der Waals surface area contributed by atoms with Crippen LogP contribution in [0.1, 0.15) is 12.5 Å². The number of nitrogens with two attached hydrogens (primary N) is 1. The van der Waals surface area contributed by atoms with Crippen molar-refractivity contribution in [2.75, 3.05) is 4.90 Å². The Hall–Kier alpha value is -2.62. The first kappa shape index (κ1) is 14.8. The molecule has 0 radical (unpaired) electrons. The van der Waals surface area contributed by atoms with Gasteiger partial charge in [0.15, 0.2) is 0 Å². The van der Waals surface area contributed by atoms with Gasteiger partial charge in [0.25, 0.3) is 0 Å². The summed E-state index contributed by atoms with van der Waals surface area (Å²) in [6.07, 6.45) is 0.230. The molecule has 2 amide bonds. The van der Waals surface area contributed by atoms with Crippen LogP contribution < -0.4 is 10.6 Å². The van der Waals surface area contributed by atoms with Crippen molar-refractivity contribution in [1.82, 2.24) is 0 Å². The number of carbonyl (C=O) groups is 2. The molecule has 0 bridgehead atoms. The molecule has 1 unspecified atom stereocenters. The third-order valence-corrected chi connectivity index (χ3v) is 3.30. The van der Waals surface area contributed by atoms with Gasteiger partial charge in [0.05, 0.1) is 6.42 Å². The van der Waals surface area contributed by atoms with E-state index in [-0.39, 0.29) is 12.3 Å². The van der Waals surface area contributed by atoms with E-state index in [0.717, 1.165) is 5.56 Å². The molecule has 0 fully saturated rings. The Morgan fingerprint density at radius 3 is 2.05 bits per heavy atom. The predicted molar refractivity (Wildman–Crippen MR) is 82.7 cm³/mol. The van der Waals surface area contributed by atoms with Crippen LogP contribution in [0.25, 0.3) is 0 Å². The number of anilines is 1. The van der Waals surface area contributed by atoms with Crippen molar-refractivity contribution in [2.45, 2.75) is 19.4 Å². The van der Waals surface area contributed by atoms with Crippen molar-refractivity contribution in [2.24, 2.45) is 5.73 Å². The first-order valence-corrected chi connectivity index (χ1v) is 6.80. The van der Waals surface area contributed by atoms with Gasteiger partial charge in [-0.25, -0.2) is 0 Å². The standard InChI is InChI=1S/C17H18N2O2/c1-13(17(18)21)19(15-10-6-3-7-11-15)16(20)12-14-8-4-2-5-9-14/h2-11,13H,12H2,1H3,(H2,18,21). The molecule has 4 nitrogen and oxygen atoms in total. The summed E-state index contributed by atoms with van der Waals surface area (Å²) in [6.45, 7) is 1.64. The van der Waals surface area contributed by atoms with Gasteiger partial charge < -0.3 is 5.73 Å². The molecule has 0 aliphatic carbocycles. The van der Waals surface area contributed by atoms with Gasteiger partial charge in [0, 0.05) is 5.69 Å². The minimum Gasteiger partial charge on any atom is -0.368 e. The van der Waals surface area contributed by atoms with E-state index in [1.807, 2.05) is 48.5 Å². The molecule has 0 aromatic heterocycles. The Morgan fingerprint density at radius 2 is 1.52 bits per heavy atom. The van der Waals surface area contributed by atoms with Crippen LogP contribution >= 0.6 is 0 Å². The zero-order chi connectivity index (χ0) is 15.2. The van der Waals surface area contributed by atoms with E-state index in [0.29, 0.717) is 5.69 Å². The SMILES string of the molecule is CC(C(N)=O)N(C(=O)Cc1ccccc1)c1ccccc1. The summed E-state index contributed by atoms with van der Waals surface area (Å²) in [7, 11) is 0. The van der Waals surface area contributed by atoms with Crippen molar-refractivity contribution in [3.63, 3.8) is 0 Å². The van der Waals surface area contributed by atoms with E-state index >= 15 is 0 Å². The molecule has 0 heterocycles. The van der Waals surface area contributed by atoms with Crippen molar-refractivity contribution in [3.8, 4) is 0 Å². The summed E-state index contributed by atoms with van der Waals surface area (Å²) in [5.41, 5.74) is 6.95.